The van der Waals surface area contributed by atoms with Crippen molar-refractivity contribution in [3.05, 3.63) is 54.4 Å². The molecule has 0 spiro atoms. The van der Waals surface area contributed by atoms with Gasteiger partial charge < -0.3 is 10.4 Å². The van der Waals surface area contributed by atoms with E-state index in [-0.39, 0.29) is 6.54 Å². The third kappa shape index (κ3) is 4.93. The van der Waals surface area contributed by atoms with E-state index in [1.165, 1.54) is 24.0 Å². The molecule has 0 bridgehead atoms. The lowest BCUT2D eigenvalue weighted by Gasteiger charge is -2.43. The van der Waals surface area contributed by atoms with E-state index in [9.17, 15) is 4.79 Å². The minimum Gasteiger partial charge on any atom is -0.480 e. The number of rotatable bonds is 9. The van der Waals surface area contributed by atoms with Crippen LogP contribution in [0.25, 0.3) is 11.1 Å². The van der Waals surface area contributed by atoms with Crippen molar-refractivity contribution >= 4 is 5.97 Å². The molecule has 2 fully saturated rings. The molecule has 0 atom stereocenters. The van der Waals surface area contributed by atoms with Gasteiger partial charge in [-0.1, -0.05) is 24.3 Å². The number of pyridine rings is 1. The summed E-state index contributed by atoms with van der Waals surface area (Å²) < 4.78 is 0. The molecule has 0 aliphatic heterocycles. The van der Waals surface area contributed by atoms with Gasteiger partial charge in [-0.2, -0.15) is 0 Å². The normalized spacial score (nSPS) is 21.8. The van der Waals surface area contributed by atoms with Crippen LogP contribution in [0.1, 0.15) is 31.2 Å². The second-order valence-corrected chi connectivity index (χ2v) is 7.91. The number of hydrogen-bond acceptors (Lipinski definition) is 4. The van der Waals surface area contributed by atoms with E-state index in [1.807, 2.05) is 12.3 Å². The first-order chi connectivity index (χ1) is 13.2. The highest BCUT2D eigenvalue weighted by Gasteiger charge is 2.36. The molecule has 4 rings (SSSR count). The smallest absolute Gasteiger partial charge is 0.317 e. The fourth-order valence-electron chi connectivity index (χ4n) is 3.86. The number of aromatic nitrogens is 1. The van der Waals surface area contributed by atoms with Gasteiger partial charge in [0.25, 0.3) is 0 Å². The van der Waals surface area contributed by atoms with E-state index in [2.05, 4.69) is 45.5 Å². The summed E-state index contributed by atoms with van der Waals surface area (Å²) in [5.41, 5.74) is 3.58. The Labute approximate surface area is 160 Å². The maximum atomic E-state index is 11.1. The van der Waals surface area contributed by atoms with Gasteiger partial charge in [-0.25, -0.2) is 0 Å². The number of carboxylic acids is 1. The third-order valence-electron chi connectivity index (χ3n) is 5.67. The van der Waals surface area contributed by atoms with Crippen LogP contribution in [0, 0.1) is 5.92 Å². The molecule has 1 heterocycles. The lowest BCUT2D eigenvalue weighted by atomic mass is 9.85. The van der Waals surface area contributed by atoms with Crippen molar-refractivity contribution in [1.82, 2.24) is 15.2 Å². The number of nitrogens with zero attached hydrogens (tertiary/aromatic N) is 2. The Balaban J connectivity index is 1.27. The van der Waals surface area contributed by atoms with E-state index in [4.69, 9.17) is 5.11 Å². The monoisotopic (exact) mass is 365 g/mol. The molecule has 2 aromatic rings. The Bertz CT molecular complexity index is 770. The highest BCUT2D eigenvalue weighted by atomic mass is 16.4. The molecule has 27 heavy (non-hydrogen) atoms. The molecule has 1 aromatic carbocycles. The Morgan fingerprint density at radius 2 is 2.00 bits per heavy atom. The molecule has 2 aliphatic rings. The largest absolute Gasteiger partial charge is 0.480 e. The quantitative estimate of drug-likeness (QED) is 0.715. The van der Waals surface area contributed by atoms with E-state index in [0.29, 0.717) is 12.1 Å². The summed E-state index contributed by atoms with van der Waals surface area (Å²) in [4.78, 5) is 17.5. The van der Waals surface area contributed by atoms with Crippen molar-refractivity contribution in [3.8, 4) is 11.1 Å². The first kappa shape index (κ1) is 18.1. The zero-order chi connectivity index (χ0) is 18.6. The van der Waals surface area contributed by atoms with Gasteiger partial charge in [0.15, 0.2) is 0 Å². The fraction of sp³-hybridized carbons (Fsp3) is 0.455. The molecular weight excluding hydrogens is 338 g/mol. The van der Waals surface area contributed by atoms with E-state index >= 15 is 0 Å². The SMILES string of the molecule is O=C(O)CN(CC1CC1)C1CC(NCc2cccc(-c3cccnc3)c2)C1. The molecule has 2 aliphatic carbocycles. The zero-order valence-corrected chi connectivity index (χ0v) is 15.6. The molecule has 5 nitrogen and oxygen atoms in total. The molecular formula is C22H27N3O2. The Morgan fingerprint density at radius 3 is 2.70 bits per heavy atom. The summed E-state index contributed by atoms with van der Waals surface area (Å²) in [5.74, 6) is 0.0193. The lowest BCUT2D eigenvalue weighted by molar-refractivity contribution is -0.139. The molecule has 0 radical (unpaired) electrons. The van der Waals surface area contributed by atoms with Gasteiger partial charge in [-0.15, -0.1) is 0 Å². The summed E-state index contributed by atoms with van der Waals surface area (Å²) in [6.45, 7) is 1.98. The minimum absolute atomic E-state index is 0.182. The number of carboxylic acid groups (broad SMARTS) is 1. The van der Waals surface area contributed by atoms with Gasteiger partial charge in [0.2, 0.25) is 0 Å². The van der Waals surface area contributed by atoms with E-state index in [1.54, 1.807) is 6.20 Å². The van der Waals surface area contributed by atoms with Gasteiger partial charge in [-0.05, 0) is 60.4 Å². The van der Waals surface area contributed by atoms with Gasteiger partial charge in [0.1, 0.15) is 0 Å². The van der Waals surface area contributed by atoms with Crippen LogP contribution in [-0.4, -0.2) is 46.1 Å². The second-order valence-electron chi connectivity index (χ2n) is 7.91. The number of hydrogen-bond donors (Lipinski definition) is 2. The molecule has 0 saturated heterocycles. The van der Waals surface area contributed by atoms with Crippen molar-refractivity contribution in [2.75, 3.05) is 13.1 Å². The maximum Gasteiger partial charge on any atom is 0.317 e. The summed E-state index contributed by atoms with van der Waals surface area (Å²) in [5, 5.41) is 12.8. The molecule has 142 valence electrons. The summed E-state index contributed by atoms with van der Waals surface area (Å²) in [7, 11) is 0. The second kappa shape index (κ2) is 8.19. The molecule has 0 amide bonds. The number of nitrogens with one attached hydrogen (secondary N) is 1. The first-order valence-corrected chi connectivity index (χ1v) is 9.86. The van der Waals surface area contributed by atoms with Crippen LogP contribution in [0.5, 0.6) is 0 Å². The number of benzene rings is 1. The van der Waals surface area contributed by atoms with Crippen LogP contribution in [0.3, 0.4) is 0 Å². The van der Waals surface area contributed by atoms with Gasteiger partial charge >= 0.3 is 5.97 Å². The van der Waals surface area contributed by atoms with Crippen LogP contribution in [0.4, 0.5) is 0 Å². The molecule has 2 N–H and O–H groups in total. The highest BCUT2D eigenvalue weighted by molar-refractivity contribution is 5.69. The molecule has 1 aromatic heterocycles. The Morgan fingerprint density at radius 1 is 1.19 bits per heavy atom. The van der Waals surface area contributed by atoms with Crippen molar-refractivity contribution in [2.24, 2.45) is 5.92 Å². The van der Waals surface area contributed by atoms with Crippen LogP contribution in [0.2, 0.25) is 0 Å². The van der Waals surface area contributed by atoms with E-state index < -0.39 is 5.97 Å². The maximum absolute atomic E-state index is 11.1. The van der Waals surface area contributed by atoms with Gasteiger partial charge in [0.05, 0.1) is 6.54 Å². The average molecular weight is 365 g/mol. The number of carbonyl (C=O) groups is 1. The summed E-state index contributed by atoms with van der Waals surface area (Å²) in [6, 6.07) is 13.5. The molecule has 0 unspecified atom stereocenters. The van der Waals surface area contributed by atoms with Gasteiger partial charge in [0, 0.05) is 37.6 Å². The molecule has 5 heteroatoms. The van der Waals surface area contributed by atoms with Crippen LogP contribution >= 0.6 is 0 Å². The minimum atomic E-state index is -0.709. The fourth-order valence-corrected chi connectivity index (χ4v) is 3.86. The van der Waals surface area contributed by atoms with Crippen LogP contribution < -0.4 is 5.32 Å². The van der Waals surface area contributed by atoms with Crippen molar-refractivity contribution in [3.63, 3.8) is 0 Å². The number of aliphatic carboxylic acids is 1. The van der Waals surface area contributed by atoms with Crippen molar-refractivity contribution < 1.29 is 9.90 Å². The van der Waals surface area contributed by atoms with Crippen LogP contribution in [-0.2, 0) is 11.3 Å². The first-order valence-electron chi connectivity index (χ1n) is 9.86. The predicted molar refractivity (Wildman–Crippen MR) is 105 cm³/mol. The topological polar surface area (TPSA) is 65.5 Å². The van der Waals surface area contributed by atoms with E-state index in [0.717, 1.165) is 37.4 Å². The third-order valence-corrected chi connectivity index (χ3v) is 5.67. The lowest BCUT2D eigenvalue weighted by Crippen LogP contribution is -2.54. The summed E-state index contributed by atoms with van der Waals surface area (Å²) in [6.07, 6.45) is 8.29. The van der Waals surface area contributed by atoms with Crippen molar-refractivity contribution in [1.29, 1.82) is 0 Å². The van der Waals surface area contributed by atoms with Gasteiger partial charge in [-0.3, -0.25) is 14.7 Å². The van der Waals surface area contributed by atoms with Crippen molar-refractivity contribution in [2.45, 2.75) is 44.3 Å². The predicted octanol–water partition coefficient (Wildman–Crippen LogP) is 3.17. The Kier molecular flexibility index (Phi) is 5.50. The highest BCUT2D eigenvalue weighted by Crippen LogP contribution is 2.33. The zero-order valence-electron chi connectivity index (χ0n) is 15.6. The summed E-state index contributed by atoms with van der Waals surface area (Å²) >= 11 is 0. The van der Waals surface area contributed by atoms with Crippen LogP contribution in [0.15, 0.2) is 48.8 Å². The standard InChI is InChI=1S/C22H27N3O2/c26-22(27)15-25(14-16-6-7-16)21-10-20(11-21)24-12-17-3-1-4-18(9-17)19-5-2-8-23-13-19/h1-5,8-9,13,16,20-21,24H,6-7,10-12,14-15H2,(H,26,27). The average Bonchev–Trinajstić information content (AvgIpc) is 3.45. The Hall–Kier alpha value is -2.24. The molecule has 2 saturated carbocycles.